The number of benzene rings is 2. The number of halogens is 2. The Labute approximate surface area is 166 Å². The van der Waals surface area contributed by atoms with Crippen LogP contribution >= 0.6 is 11.6 Å². The molecule has 2 aliphatic heterocycles. The van der Waals surface area contributed by atoms with Crippen molar-refractivity contribution < 1.29 is 4.39 Å². The highest BCUT2D eigenvalue weighted by atomic mass is 35.5. The van der Waals surface area contributed by atoms with E-state index < -0.39 is 0 Å². The summed E-state index contributed by atoms with van der Waals surface area (Å²) in [4.78, 5) is 7.34. The SMILES string of the molecule is Fc1ccccc1N1CCN([C@H]2CCCN(Cc3ccc(Cl)cc3)C2)CC1. The van der Waals surface area contributed by atoms with Gasteiger partial charge >= 0.3 is 0 Å². The molecule has 0 spiro atoms. The largest absolute Gasteiger partial charge is 0.367 e. The molecule has 0 bridgehead atoms. The van der Waals surface area contributed by atoms with Gasteiger partial charge in [-0.2, -0.15) is 0 Å². The third kappa shape index (κ3) is 4.63. The van der Waals surface area contributed by atoms with Gasteiger partial charge in [-0.15, -0.1) is 0 Å². The zero-order chi connectivity index (χ0) is 18.6. The fourth-order valence-electron chi connectivity index (χ4n) is 4.36. The van der Waals surface area contributed by atoms with Crippen molar-refractivity contribution in [3.8, 4) is 0 Å². The predicted molar refractivity (Wildman–Crippen MR) is 110 cm³/mol. The van der Waals surface area contributed by atoms with Crippen LogP contribution in [-0.4, -0.2) is 55.1 Å². The van der Waals surface area contributed by atoms with Gasteiger partial charge in [0.25, 0.3) is 0 Å². The van der Waals surface area contributed by atoms with Crippen molar-refractivity contribution in [3.63, 3.8) is 0 Å². The molecule has 2 aromatic carbocycles. The Morgan fingerprint density at radius 3 is 2.41 bits per heavy atom. The summed E-state index contributed by atoms with van der Waals surface area (Å²) in [6, 6.07) is 15.9. The highest BCUT2D eigenvalue weighted by Gasteiger charge is 2.28. The van der Waals surface area contributed by atoms with Crippen molar-refractivity contribution >= 4 is 17.3 Å². The van der Waals surface area contributed by atoms with Crippen molar-refractivity contribution in [1.82, 2.24) is 9.80 Å². The third-order valence-electron chi connectivity index (χ3n) is 5.82. The molecule has 0 saturated carbocycles. The molecule has 3 nitrogen and oxygen atoms in total. The van der Waals surface area contributed by atoms with Crippen molar-refractivity contribution in [2.24, 2.45) is 0 Å². The first-order valence-corrected chi connectivity index (χ1v) is 10.3. The Hall–Kier alpha value is -1.62. The Bertz CT molecular complexity index is 743. The molecule has 0 aromatic heterocycles. The van der Waals surface area contributed by atoms with E-state index in [9.17, 15) is 4.39 Å². The van der Waals surface area contributed by atoms with E-state index in [1.165, 1.54) is 18.4 Å². The maximum absolute atomic E-state index is 14.0. The molecule has 0 aliphatic carbocycles. The summed E-state index contributed by atoms with van der Waals surface area (Å²) in [7, 11) is 0. The average Bonchev–Trinajstić information content (AvgIpc) is 2.71. The van der Waals surface area contributed by atoms with Gasteiger partial charge in [0, 0.05) is 50.3 Å². The molecule has 2 saturated heterocycles. The zero-order valence-corrected chi connectivity index (χ0v) is 16.4. The van der Waals surface area contributed by atoms with Gasteiger partial charge in [-0.05, 0) is 49.2 Å². The normalized spacial score (nSPS) is 22.1. The third-order valence-corrected chi connectivity index (χ3v) is 6.08. The first-order chi connectivity index (χ1) is 13.2. The van der Waals surface area contributed by atoms with Crippen molar-refractivity contribution in [3.05, 3.63) is 64.9 Å². The monoisotopic (exact) mass is 387 g/mol. The van der Waals surface area contributed by atoms with Crippen LogP contribution in [0.1, 0.15) is 18.4 Å². The number of para-hydroxylation sites is 1. The molecule has 0 amide bonds. The summed E-state index contributed by atoms with van der Waals surface area (Å²) in [5.41, 5.74) is 2.06. The Kier molecular flexibility index (Phi) is 5.96. The van der Waals surface area contributed by atoms with Crippen molar-refractivity contribution in [2.45, 2.75) is 25.4 Å². The van der Waals surface area contributed by atoms with Crippen LogP contribution in [0, 0.1) is 5.82 Å². The van der Waals surface area contributed by atoms with Crippen molar-refractivity contribution in [2.75, 3.05) is 44.2 Å². The van der Waals surface area contributed by atoms with Crippen LogP contribution in [-0.2, 0) is 6.54 Å². The summed E-state index contributed by atoms with van der Waals surface area (Å²) in [6.07, 6.45) is 2.50. The second-order valence-corrected chi connectivity index (χ2v) is 8.07. The van der Waals surface area contributed by atoms with E-state index in [1.54, 1.807) is 12.1 Å². The van der Waals surface area contributed by atoms with Gasteiger partial charge in [-0.1, -0.05) is 35.9 Å². The Morgan fingerprint density at radius 2 is 1.67 bits per heavy atom. The standard InChI is InChI=1S/C22H27ClFN3/c23-19-9-7-18(8-10-19)16-25-11-3-4-20(17-25)26-12-14-27(15-13-26)22-6-2-1-5-21(22)24/h1-2,5-10,20H,3-4,11-17H2/t20-/m0/s1. The van der Waals surface area contributed by atoms with Gasteiger partial charge in [-0.25, -0.2) is 4.39 Å². The molecule has 0 N–H and O–H groups in total. The highest BCUT2D eigenvalue weighted by molar-refractivity contribution is 6.30. The molecular formula is C22H27ClFN3. The number of piperidine rings is 1. The smallest absolute Gasteiger partial charge is 0.146 e. The number of rotatable bonds is 4. The van der Waals surface area contributed by atoms with Crippen LogP contribution in [0.4, 0.5) is 10.1 Å². The fraction of sp³-hybridized carbons (Fsp3) is 0.455. The highest BCUT2D eigenvalue weighted by Crippen LogP contribution is 2.24. The van der Waals surface area contributed by atoms with E-state index in [0.29, 0.717) is 6.04 Å². The lowest BCUT2D eigenvalue weighted by Gasteiger charge is -2.44. The van der Waals surface area contributed by atoms with E-state index in [-0.39, 0.29) is 5.82 Å². The molecule has 1 atom stereocenters. The maximum Gasteiger partial charge on any atom is 0.146 e. The molecule has 4 rings (SSSR count). The number of hydrogen-bond acceptors (Lipinski definition) is 3. The van der Waals surface area contributed by atoms with E-state index >= 15 is 0 Å². The lowest BCUT2D eigenvalue weighted by molar-refractivity contribution is 0.0887. The summed E-state index contributed by atoms with van der Waals surface area (Å²) in [5.74, 6) is -0.113. The predicted octanol–water partition coefficient (Wildman–Crippen LogP) is 4.27. The molecule has 0 radical (unpaired) electrons. The number of hydrogen-bond donors (Lipinski definition) is 0. The van der Waals surface area contributed by atoms with Gasteiger partial charge in [0.05, 0.1) is 5.69 Å². The minimum absolute atomic E-state index is 0.113. The van der Waals surface area contributed by atoms with Crippen molar-refractivity contribution in [1.29, 1.82) is 0 Å². The topological polar surface area (TPSA) is 9.72 Å². The zero-order valence-electron chi connectivity index (χ0n) is 15.7. The second-order valence-electron chi connectivity index (χ2n) is 7.63. The van der Waals surface area contributed by atoms with Crippen LogP contribution in [0.25, 0.3) is 0 Å². The van der Waals surface area contributed by atoms with Gasteiger partial charge in [0.1, 0.15) is 5.82 Å². The van der Waals surface area contributed by atoms with Crippen LogP contribution in [0.15, 0.2) is 48.5 Å². The summed E-state index contributed by atoms with van der Waals surface area (Å²) >= 11 is 6.00. The number of likely N-dealkylation sites (tertiary alicyclic amines) is 1. The lowest BCUT2D eigenvalue weighted by Crippen LogP contribution is -2.55. The van der Waals surface area contributed by atoms with E-state index in [4.69, 9.17) is 11.6 Å². The molecule has 27 heavy (non-hydrogen) atoms. The van der Waals surface area contributed by atoms with Crippen LogP contribution in [0.3, 0.4) is 0 Å². The second kappa shape index (κ2) is 8.59. The first kappa shape index (κ1) is 18.7. The van der Waals surface area contributed by atoms with E-state index in [1.807, 2.05) is 24.3 Å². The first-order valence-electron chi connectivity index (χ1n) is 9.89. The van der Waals surface area contributed by atoms with Gasteiger partial charge in [-0.3, -0.25) is 9.80 Å². The molecule has 0 unspecified atom stereocenters. The molecule has 2 heterocycles. The number of nitrogens with zero attached hydrogens (tertiary/aromatic N) is 3. The Morgan fingerprint density at radius 1 is 0.926 bits per heavy atom. The number of anilines is 1. The van der Waals surface area contributed by atoms with Crippen LogP contribution in [0.5, 0.6) is 0 Å². The average molecular weight is 388 g/mol. The van der Waals surface area contributed by atoms with E-state index in [2.05, 4.69) is 26.8 Å². The molecule has 2 aromatic rings. The summed E-state index contributed by atoms with van der Waals surface area (Å²) in [5, 5.41) is 0.794. The molecule has 144 valence electrons. The van der Waals surface area contributed by atoms with Crippen LogP contribution in [0.2, 0.25) is 5.02 Å². The van der Waals surface area contributed by atoms with Gasteiger partial charge < -0.3 is 4.90 Å². The quantitative estimate of drug-likeness (QED) is 0.775. The fourth-order valence-corrected chi connectivity index (χ4v) is 4.48. The summed E-state index contributed by atoms with van der Waals surface area (Å²) < 4.78 is 14.0. The van der Waals surface area contributed by atoms with Gasteiger partial charge in [0.2, 0.25) is 0 Å². The molecule has 2 fully saturated rings. The minimum Gasteiger partial charge on any atom is -0.367 e. The Balaban J connectivity index is 1.31. The minimum atomic E-state index is -0.113. The van der Waals surface area contributed by atoms with Gasteiger partial charge in [0.15, 0.2) is 0 Å². The number of piperazine rings is 1. The molecular weight excluding hydrogens is 361 g/mol. The van der Waals surface area contributed by atoms with E-state index in [0.717, 1.165) is 56.5 Å². The molecule has 2 aliphatic rings. The van der Waals surface area contributed by atoms with Crippen LogP contribution < -0.4 is 4.90 Å². The lowest BCUT2D eigenvalue weighted by atomic mass is 10.0. The molecule has 5 heteroatoms. The summed E-state index contributed by atoms with van der Waals surface area (Å²) in [6.45, 7) is 7.07. The maximum atomic E-state index is 14.0.